The van der Waals surface area contributed by atoms with Crippen molar-refractivity contribution in [1.29, 1.82) is 0 Å². The predicted octanol–water partition coefficient (Wildman–Crippen LogP) is 5.08. The zero-order valence-corrected chi connectivity index (χ0v) is 18.9. The average molecular weight is 471 g/mol. The Kier molecular flexibility index (Phi) is 10.7. The van der Waals surface area contributed by atoms with E-state index in [1.54, 1.807) is 24.3 Å². The molecule has 0 unspecified atom stereocenters. The van der Waals surface area contributed by atoms with Gasteiger partial charge in [0.05, 0.1) is 18.2 Å². The summed E-state index contributed by atoms with van der Waals surface area (Å²) in [4.78, 5) is 12.1. The van der Waals surface area contributed by atoms with Crippen LogP contribution in [-0.4, -0.2) is 37.4 Å². The first-order valence-corrected chi connectivity index (χ1v) is 10.6. The Morgan fingerprint density at radius 3 is 2.67 bits per heavy atom. The van der Waals surface area contributed by atoms with Gasteiger partial charge in [-0.15, -0.1) is 0 Å². The smallest absolute Gasteiger partial charge is 0.226 e. The number of rotatable bonds is 11. The Labute approximate surface area is 191 Å². The molecule has 0 aromatic heterocycles. The minimum atomic E-state index is -0.206. The number of ether oxygens (including phenoxy) is 3. The van der Waals surface area contributed by atoms with Crippen LogP contribution in [0.3, 0.4) is 0 Å². The van der Waals surface area contributed by atoms with E-state index in [-0.39, 0.29) is 17.4 Å². The molecule has 9 heteroatoms. The van der Waals surface area contributed by atoms with E-state index in [2.05, 4.69) is 10.6 Å². The highest BCUT2D eigenvalue weighted by Crippen LogP contribution is 2.27. The molecule has 162 valence electrons. The number of carbonyl (C=O) groups excluding carboxylic acids is 1. The van der Waals surface area contributed by atoms with Crippen LogP contribution in [0, 0.1) is 0 Å². The lowest BCUT2D eigenvalue weighted by atomic mass is 10.3. The summed E-state index contributed by atoms with van der Waals surface area (Å²) in [5.74, 6) is 1.01. The molecule has 2 rings (SSSR count). The predicted molar refractivity (Wildman–Crippen MR) is 124 cm³/mol. The normalized spacial score (nSPS) is 10.4. The van der Waals surface area contributed by atoms with E-state index in [4.69, 9.17) is 49.6 Å². The first kappa shape index (κ1) is 24.2. The molecular formula is C21H24Cl2N2O4S. The van der Waals surface area contributed by atoms with Gasteiger partial charge < -0.3 is 24.8 Å². The molecule has 0 saturated heterocycles. The SMILES string of the molecule is CCOCCOc1cccc(NC(=S)NC(=O)CCCOc2ccc(Cl)cc2Cl)c1. The van der Waals surface area contributed by atoms with Crippen molar-refractivity contribution in [1.82, 2.24) is 5.32 Å². The minimum absolute atomic E-state index is 0.206. The van der Waals surface area contributed by atoms with Crippen molar-refractivity contribution in [2.45, 2.75) is 19.8 Å². The second kappa shape index (κ2) is 13.3. The van der Waals surface area contributed by atoms with Crippen molar-refractivity contribution < 1.29 is 19.0 Å². The van der Waals surface area contributed by atoms with Crippen molar-refractivity contribution in [2.24, 2.45) is 0 Å². The fourth-order valence-electron chi connectivity index (χ4n) is 2.39. The number of hydrogen-bond donors (Lipinski definition) is 2. The summed E-state index contributed by atoms with van der Waals surface area (Å²) in [6.07, 6.45) is 0.768. The topological polar surface area (TPSA) is 68.8 Å². The van der Waals surface area contributed by atoms with Crippen molar-refractivity contribution >= 4 is 52.1 Å². The van der Waals surface area contributed by atoms with Crippen molar-refractivity contribution in [3.05, 3.63) is 52.5 Å². The van der Waals surface area contributed by atoms with Crippen molar-refractivity contribution in [2.75, 3.05) is 31.7 Å². The molecule has 1 amide bonds. The van der Waals surface area contributed by atoms with Crippen LogP contribution in [0.25, 0.3) is 0 Å². The molecule has 2 aromatic rings. The maximum Gasteiger partial charge on any atom is 0.226 e. The van der Waals surface area contributed by atoms with E-state index in [0.717, 1.165) is 5.69 Å². The van der Waals surface area contributed by atoms with Gasteiger partial charge in [0, 0.05) is 29.8 Å². The third kappa shape index (κ3) is 9.17. The van der Waals surface area contributed by atoms with Crippen LogP contribution in [0.5, 0.6) is 11.5 Å². The zero-order valence-electron chi connectivity index (χ0n) is 16.6. The number of nitrogens with one attached hydrogen (secondary N) is 2. The van der Waals surface area contributed by atoms with Gasteiger partial charge >= 0.3 is 0 Å². The Balaban J connectivity index is 1.68. The van der Waals surface area contributed by atoms with Crippen molar-refractivity contribution in [3.63, 3.8) is 0 Å². The van der Waals surface area contributed by atoms with E-state index in [1.807, 2.05) is 25.1 Å². The average Bonchev–Trinajstić information content (AvgIpc) is 2.70. The molecule has 6 nitrogen and oxygen atoms in total. The lowest BCUT2D eigenvalue weighted by Crippen LogP contribution is -2.34. The summed E-state index contributed by atoms with van der Waals surface area (Å²) in [5, 5.41) is 6.80. The summed E-state index contributed by atoms with van der Waals surface area (Å²) in [7, 11) is 0. The lowest BCUT2D eigenvalue weighted by Gasteiger charge is -2.12. The van der Waals surface area contributed by atoms with Crippen LogP contribution in [0.15, 0.2) is 42.5 Å². The number of carbonyl (C=O) groups is 1. The van der Waals surface area contributed by atoms with E-state index in [0.29, 0.717) is 54.4 Å². The highest BCUT2D eigenvalue weighted by molar-refractivity contribution is 7.80. The molecule has 2 N–H and O–H groups in total. The second-order valence-electron chi connectivity index (χ2n) is 6.10. The van der Waals surface area contributed by atoms with Gasteiger partial charge in [-0.25, -0.2) is 0 Å². The van der Waals surface area contributed by atoms with Crippen LogP contribution in [0.1, 0.15) is 19.8 Å². The number of amides is 1. The number of halogens is 2. The highest BCUT2D eigenvalue weighted by Gasteiger charge is 2.07. The number of benzene rings is 2. The molecule has 2 aromatic carbocycles. The van der Waals surface area contributed by atoms with Gasteiger partial charge in [0.25, 0.3) is 0 Å². The molecule has 30 heavy (non-hydrogen) atoms. The standard InChI is InChI=1S/C21H24Cl2N2O4S/c1-2-27-11-12-28-17-6-3-5-16(14-17)24-21(30)25-20(26)7-4-10-29-19-9-8-15(22)13-18(19)23/h3,5-6,8-9,13-14H,2,4,7,10-12H2,1H3,(H2,24,25,26,30). The molecule has 0 aliphatic heterocycles. The highest BCUT2D eigenvalue weighted by atomic mass is 35.5. The second-order valence-corrected chi connectivity index (χ2v) is 7.35. The summed E-state index contributed by atoms with van der Waals surface area (Å²) in [6.45, 7) is 3.91. The summed E-state index contributed by atoms with van der Waals surface area (Å²) in [5.41, 5.74) is 0.718. The lowest BCUT2D eigenvalue weighted by molar-refractivity contribution is -0.119. The fraction of sp³-hybridized carbons (Fsp3) is 0.333. The molecule has 0 aliphatic carbocycles. The largest absolute Gasteiger partial charge is 0.492 e. The Morgan fingerprint density at radius 1 is 1.07 bits per heavy atom. The van der Waals surface area contributed by atoms with Gasteiger partial charge in [-0.2, -0.15) is 0 Å². The Bertz CT molecular complexity index is 852. The quantitative estimate of drug-likeness (QED) is 0.352. The number of thiocarbonyl (C=S) groups is 1. The molecule has 0 atom stereocenters. The summed E-state index contributed by atoms with van der Waals surface area (Å²) < 4.78 is 16.4. The van der Waals surface area contributed by atoms with Gasteiger partial charge in [-0.3, -0.25) is 4.79 Å². The van der Waals surface area contributed by atoms with Crippen LogP contribution < -0.4 is 20.1 Å². The molecule has 0 bridgehead atoms. The number of hydrogen-bond acceptors (Lipinski definition) is 5. The van der Waals surface area contributed by atoms with Crippen molar-refractivity contribution in [3.8, 4) is 11.5 Å². The molecule has 0 fully saturated rings. The number of anilines is 1. The van der Waals surface area contributed by atoms with E-state index >= 15 is 0 Å². The molecule has 0 aliphatic rings. The van der Waals surface area contributed by atoms with Crippen LogP contribution in [0.2, 0.25) is 10.0 Å². The van der Waals surface area contributed by atoms with Crippen LogP contribution in [-0.2, 0) is 9.53 Å². The Hall–Kier alpha value is -2.06. The first-order valence-electron chi connectivity index (χ1n) is 9.47. The molecule has 0 spiro atoms. The van der Waals surface area contributed by atoms with Gasteiger partial charge in [0.2, 0.25) is 5.91 Å². The zero-order chi connectivity index (χ0) is 21.8. The van der Waals surface area contributed by atoms with Gasteiger partial charge in [-0.1, -0.05) is 29.3 Å². The maximum atomic E-state index is 12.1. The summed E-state index contributed by atoms with van der Waals surface area (Å²) in [6, 6.07) is 12.3. The molecule has 0 saturated carbocycles. The van der Waals surface area contributed by atoms with Crippen LogP contribution >= 0.6 is 35.4 Å². The first-order chi connectivity index (χ1) is 14.5. The minimum Gasteiger partial charge on any atom is -0.492 e. The maximum absolute atomic E-state index is 12.1. The fourth-order valence-corrected chi connectivity index (χ4v) is 3.08. The van der Waals surface area contributed by atoms with Crippen LogP contribution in [0.4, 0.5) is 5.69 Å². The molecular weight excluding hydrogens is 447 g/mol. The molecule has 0 heterocycles. The van der Waals surface area contributed by atoms with E-state index < -0.39 is 0 Å². The summed E-state index contributed by atoms with van der Waals surface area (Å²) >= 11 is 17.1. The van der Waals surface area contributed by atoms with E-state index in [1.165, 1.54) is 0 Å². The van der Waals surface area contributed by atoms with E-state index in [9.17, 15) is 4.79 Å². The van der Waals surface area contributed by atoms with Gasteiger partial charge in [0.15, 0.2) is 5.11 Å². The third-order valence-corrected chi connectivity index (χ3v) is 4.48. The molecule has 0 radical (unpaired) electrons. The third-order valence-electron chi connectivity index (χ3n) is 3.75. The monoisotopic (exact) mass is 470 g/mol. The van der Waals surface area contributed by atoms with Gasteiger partial charge in [0.1, 0.15) is 18.1 Å². The Morgan fingerprint density at radius 2 is 1.90 bits per heavy atom. The van der Waals surface area contributed by atoms with Gasteiger partial charge in [-0.05, 0) is 55.9 Å².